The van der Waals surface area contributed by atoms with Gasteiger partial charge in [-0.1, -0.05) is 16.8 Å². The maximum absolute atomic E-state index is 4.51. The van der Waals surface area contributed by atoms with Crippen LogP contribution in [0.5, 0.6) is 0 Å². The predicted molar refractivity (Wildman–Crippen MR) is 60.4 cm³/mol. The van der Waals surface area contributed by atoms with Crippen LogP contribution in [0.25, 0.3) is 22.3 Å². The van der Waals surface area contributed by atoms with Crippen molar-refractivity contribution in [2.75, 3.05) is 0 Å². The maximum Gasteiger partial charge on any atom is 0.248 e. The number of aromatic nitrogens is 6. The third-order valence-electron chi connectivity index (χ3n) is 2.92. The number of rotatable bonds is 0. The molecule has 1 aromatic carbocycles. The molecule has 0 amide bonds. The van der Waals surface area contributed by atoms with Gasteiger partial charge in [-0.15, -0.1) is 0 Å². The second kappa shape index (κ2) is 2.79. The van der Waals surface area contributed by atoms with Gasteiger partial charge in [0.2, 0.25) is 11.3 Å². The van der Waals surface area contributed by atoms with Gasteiger partial charge in [-0.25, -0.2) is 9.97 Å². The molecule has 0 aliphatic heterocycles. The van der Waals surface area contributed by atoms with Crippen LogP contribution >= 0.6 is 0 Å². The summed E-state index contributed by atoms with van der Waals surface area (Å²) < 4.78 is 5.61. The smallest absolute Gasteiger partial charge is 0.229 e. The Balaban J connectivity index is 2.41. The summed E-state index contributed by atoms with van der Waals surface area (Å²) in [6, 6.07) is 7.98. The van der Waals surface area contributed by atoms with Crippen molar-refractivity contribution in [3.05, 3.63) is 36.7 Å². The van der Waals surface area contributed by atoms with E-state index in [0.717, 1.165) is 22.3 Å². The largest absolute Gasteiger partial charge is 0.248 e. The highest BCUT2D eigenvalue weighted by Crippen LogP contribution is 2.12. The van der Waals surface area contributed by atoms with Gasteiger partial charge in [0.25, 0.3) is 0 Å². The molecule has 0 aliphatic carbocycles. The fraction of sp³-hybridized carbons (Fsp3) is 0.0909. The molecule has 0 saturated heterocycles. The second-order valence-electron chi connectivity index (χ2n) is 3.90. The van der Waals surface area contributed by atoms with Crippen molar-refractivity contribution in [2.45, 2.75) is 0 Å². The number of hydrogen-bond donors (Lipinski definition) is 0. The number of fused-ring (bicyclic) bond motifs is 5. The summed E-state index contributed by atoms with van der Waals surface area (Å²) in [6.07, 6.45) is 3.38. The van der Waals surface area contributed by atoms with E-state index in [9.17, 15) is 0 Å². The normalized spacial score (nSPS) is 11.8. The fourth-order valence-corrected chi connectivity index (χ4v) is 2.15. The molecule has 6 nitrogen and oxygen atoms in total. The van der Waals surface area contributed by atoms with Gasteiger partial charge in [-0.3, -0.25) is 0 Å². The van der Waals surface area contributed by atoms with Crippen LogP contribution in [0.2, 0.25) is 0 Å². The summed E-state index contributed by atoms with van der Waals surface area (Å²) in [4.78, 5) is 8.69. The number of hydrogen-bond acceptors (Lipinski definition) is 3. The summed E-state index contributed by atoms with van der Waals surface area (Å²) in [6.45, 7) is 0. The van der Waals surface area contributed by atoms with Crippen LogP contribution < -0.4 is 4.74 Å². The van der Waals surface area contributed by atoms with Crippen molar-refractivity contribution in [1.82, 2.24) is 24.3 Å². The lowest BCUT2D eigenvalue weighted by Crippen LogP contribution is -2.37. The van der Waals surface area contributed by atoms with Crippen LogP contribution in [0.4, 0.5) is 0 Å². The van der Waals surface area contributed by atoms with E-state index in [1.807, 2.05) is 40.5 Å². The zero-order chi connectivity index (χ0) is 11.4. The molecule has 4 rings (SSSR count). The maximum atomic E-state index is 4.51. The number of benzene rings is 1. The Morgan fingerprint density at radius 3 is 2.71 bits per heavy atom. The first-order valence-electron chi connectivity index (χ1n) is 5.32. The Bertz CT molecular complexity index is 856. The van der Waals surface area contributed by atoms with E-state index >= 15 is 0 Å². The quantitative estimate of drug-likeness (QED) is 0.406. The Morgan fingerprint density at radius 1 is 1.06 bits per heavy atom. The van der Waals surface area contributed by atoms with Crippen molar-refractivity contribution in [3.8, 4) is 0 Å². The van der Waals surface area contributed by atoms with Crippen LogP contribution in [-0.2, 0) is 7.05 Å². The number of para-hydroxylation sites is 1. The van der Waals surface area contributed by atoms with E-state index in [4.69, 9.17) is 0 Å². The van der Waals surface area contributed by atoms with Gasteiger partial charge < -0.3 is 0 Å². The highest BCUT2D eigenvalue weighted by Gasteiger charge is 2.22. The zero-order valence-electron chi connectivity index (χ0n) is 9.15. The molecule has 0 unspecified atom stereocenters. The molecule has 0 bridgehead atoms. The van der Waals surface area contributed by atoms with Crippen LogP contribution in [0, 0.1) is 0 Å². The molecule has 4 aromatic rings. The molecule has 17 heavy (non-hydrogen) atoms. The second-order valence-corrected chi connectivity index (χ2v) is 3.90. The minimum absolute atomic E-state index is 0.809. The van der Waals surface area contributed by atoms with Crippen molar-refractivity contribution in [3.63, 3.8) is 0 Å². The van der Waals surface area contributed by atoms with E-state index in [1.54, 1.807) is 17.1 Å². The molecule has 0 saturated carbocycles. The van der Waals surface area contributed by atoms with Gasteiger partial charge in [-0.2, -0.15) is 0 Å². The van der Waals surface area contributed by atoms with E-state index in [1.165, 1.54) is 0 Å². The Morgan fingerprint density at radius 2 is 1.82 bits per heavy atom. The SMILES string of the molecule is Cn1c2nccnc2n2c3ccccc3n[n+]12. The molecular weight excluding hydrogens is 216 g/mol. The first-order chi connectivity index (χ1) is 8.36. The molecule has 0 atom stereocenters. The van der Waals surface area contributed by atoms with E-state index in [-0.39, 0.29) is 0 Å². The summed E-state index contributed by atoms with van der Waals surface area (Å²) >= 11 is 0. The average molecular weight is 225 g/mol. The Labute approximate surface area is 95.7 Å². The van der Waals surface area contributed by atoms with Crippen molar-refractivity contribution in [1.29, 1.82) is 0 Å². The molecule has 3 aromatic heterocycles. The Kier molecular flexibility index (Phi) is 1.42. The standard InChI is InChI=1S/C11H9N6/c1-15-10-11(13-7-6-12-10)16-9-5-3-2-4-8(9)14-17(15)16/h2-7H,1H3/q+1. The molecule has 0 N–H and O–H groups in total. The molecule has 6 heteroatoms. The fourth-order valence-electron chi connectivity index (χ4n) is 2.15. The summed E-state index contributed by atoms with van der Waals surface area (Å²) in [7, 11) is 1.92. The Hall–Kier alpha value is -2.50. The van der Waals surface area contributed by atoms with Crippen LogP contribution in [0.15, 0.2) is 36.7 Å². The molecule has 0 aliphatic rings. The molecule has 82 valence electrons. The summed E-state index contributed by atoms with van der Waals surface area (Å²) in [5.41, 5.74) is 3.59. The lowest BCUT2D eigenvalue weighted by atomic mass is 10.3. The van der Waals surface area contributed by atoms with E-state index < -0.39 is 0 Å². The highest BCUT2D eigenvalue weighted by atomic mass is 15.7. The van der Waals surface area contributed by atoms with E-state index in [0.29, 0.717) is 0 Å². The van der Waals surface area contributed by atoms with Crippen molar-refractivity contribution in [2.24, 2.45) is 7.05 Å². The first kappa shape index (κ1) is 8.63. The summed E-state index contributed by atoms with van der Waals surface area (Å²) in [5.74, 6) is 0. The van der Waals surface area contributed by atoms with Gasteiger partial charge in [0.1, 0.15) is 10.3 Å². The molecule has 0 spiro atoms. The summed E-state index contributed by atoms with van der Waals surface area (Å²) in [5, 5.41) is 4.51. The molecular formula is C11H9N6+. The lowest BCUT2D eigenvalue weighted by Gasteiger charge is -1.85. The number of aryl methyl sites for hydroxylation is 1. The minimum Gasteiger partial charge on any atom is -0.229 e. The molecule has 0 radical (unpaired) electrons. The highest BCUT2D eigenvalue weighted by molar-refractivity contribution is 5.77. The van der Waals surface area contributed by atoms with Crippen LogP contribution in [-0.4, -0.2) is 24.3 Å². The third kappa shape index (κ3) is 0.944. The number of nitrogens with zero attached hydrogens (tertiary/aromatic N) is 6. The average Bonchev–Trinajstić information content (AvgIpc) is 2.88. The van der Waals surface area contributed by atoms with Gasteiger partial charge in [-0.05, 0) is 16.6 Å². The van der Waals surface area contributed by atoms with Gasteiger partial charge in [0.15, 0.2) is 5.52 Å². The third-order valence-corrected chi connectivity index (χ3v) is 2.92. The van der Waals surface area contributed by atoms with Crippen LogP contribution in [0.3, 0.4) is 0 Å². The monoisotopic (exact) mass is 225 g/mol. The topological polar surface area (TPSA) is 52.1 Å². The molecule has 0 fully saturated rings. The van der Waals surface area contributed by atoms with Gasteiger partial charge >= 0.3 is 0 Å². The van der Waals surface area contributed by atoms with Crippen molar-refractivity contribution >= 4 is 22.3 Å². The minimum atomic E-state index is 0.809. The zero-order valence-corrected chi connectivity index (χ0v) is 9.15. The van der Waals surface area contributed by atoms with E-state index in [2.05, 4.69) is 15.1 Å². The van der Waals surface area contributed by atoms with Gasteiger partial charge in [0, 0.05) is 12.4 Å². The van der Waals surface area contributed by atoms with Gasteiger partial charge in [0.05, 0.1) is 12.1 Å². The van der Waals surface area contributed by atoms with Crippen LogP contribution in [0.1, 0.15) is 0 Å². The van der Waals surface area contributed by atoms with Crippen molar-refractivity contribution < 1.29 is 4.74 Å². The predicted octanol–water partition coefficient (Wildman–Crippen LogP) is 0.355. The molecule has 3 heterocycles. The lowest BCUT2D eigenvalue weighted by molar-refractivity contribution is -0.746. The first-order valence-corrected chi connectivity index (χ1v) is 5.32.